The Morgan fingerprint density at radius 1 is 1.43 bits per heavy atom. The first kappa shape index (κ1) is 15.7. The first-order chi connectivity index (χ1) is 11.1. The SMILES string of the molecule is C[C@@H]1Cc2c(C(=O)NCCc3ccccc3F)n[nH]c2[C@H](C)O1. The monoisotopic (exact) mass is 317 g/mol. The van der Waals surface area contributed by atoms with Crippen molar-refractivity contribution in [2.45, 2.75) is 38.9 Å². The quantitative estimate of drug-likeness (QED) is 0.910. The largest absolute Gasteiger partial charge is 0.369 e. The van der Waals surface area contributed by atoms with Gasteiger partial charge >= 0.3 is 0 Å². The Labute approximate surface area is 134 Å². The highest BCUT2D eigenvalue weighted by Gasteiger charge is 2.29. The number of carbonyl (C=O) groups is 1. The third kappa shape index (κ3) is 3.27. The van der Waals surface area contributed by atoms with E-state index in [1.54, 1.807) is 18.2 Å². The summed E-state index contributed by atoms with van der Waals surface area (Å²) in [5, 5.41) is 9.85. The number of halogens is 1. The maximum Gasteiger partial charge on any atom is 0.272 e. The molecule has 1 aromatic heterocycles. The molecule has 0 bridgehead atoms. The molecule has 1 aromatic carbocycles. The van der Waals surface area contributed by atoms with E-state index in [1.165, 1.54) is 6.07 Å². The highest BCUT2D eigenvalue weighted by molar-refractivity contribution is 5.94. The van der Waals surface area contributed by atoms with Gasteiger partial charge in [-0.3, -0.25) is 9.89 Å². The molecule has 6 heteroatoms. The van der Waals surface area contributed by atoms with Gasteiger partial charge in [0, 0.05) is 18.5 Å². The molecule has 2 aromatic rings. The topological polar surface area (TPSA) is 67.0 Å². The average molecular weight is 317 g/mol. The second-order valence-corrected chi connectivity index (χ2v) is 5.85. The highest BCUT2D eigenvalue weighted by Crippen LogP contribution is 2.29. The zero-order valence-corrected chi connectivity index (χ0v) is 13.2. The summed E-state index contributed by atoms with van der Waals surface area (Å²) in [5.41, 5.74) is 2.78. The Morgan fingerprint density at radius 3 is 3.00 bits per heavy atom. The van der Waals surface area contributed by atoms with Gasteiger partial charge in [0.25, 0.3) is 5.91 Å². The normalized spacial score (nSPS) is 20.1. The number of carbonyl (C=O) groups excluding carboxylic acids is 1. The van der Waals surface area contributed by atoms with Crippen LogP contribution in [0.25, 0.3) is 0 Å². The molecule has 1 amide bonds. The first-order valence-corrected chi connectivity index (χ1v) is 7.80. The molecule has 5 nitrogen and oxygen atoms in total. The standard InChI is InChI=1S/C17H20FN3O2/c1-10-9-13-15(11(2)23-10)20-21-16(13)17(22)19-8-7-12-5-3-4-6-14(12)18/h3-6,10-11H,7-9H2,1-2H3,(H,19,22)(H,20,21)/t10-,11+/m1/s1. The van der Waals surface area contributed by atoms with Crippen molar-refractivity contribution >= 4 is 5.91 Å². The third-order valence-electron chi connectivity index (χ3n) is 4.09. The summed E-state index contributed by atoms with van der Waals surface area (Å²) in [5.74, 6) is -0.487. The van der Waals surface area contributed by atoms with E-state index < -0.39 is 0 Å². The van der Waals surface area contributed by atoms with Crippen LogP contribution in [-0.2, 0) is 17.6 Å². The molecule has 0 saturated heterocycles. The predicted octanol–water partition coefficient (Wildman–Crippen LogP) is 2.54. The fraction of sp³-hybridized carbons (Fsp3) is 0.412. The number of hydrogen-bond donors (Lipinski definition) is 2. The van der Waals surface area contributed by atoms with E-state index in [4.69, 9.17) is 4.74 Å². The molecule has 0 aliphatic carbocycles. The van der Waals surface area contributed by atoms with Crippen LogP contribution in [0.2, 0.25) is 0 Å². The van der Waals surface area contributed by atoms with Gasteiger partial charge in [-0.1, -0.05) is 18.2 Å². The van der Waals surface area contributed by atoms with Gasteiger partial charge in [0.15, 0.2) is 5.69 Å². The number of H-pyrrole nitrogens is 1. The molecule has 23 heavy (non-hydrogen) atoms. The van der Waals surface area contributed by atoms with Crippen LogP contribution in [0.15, 0.2) is 24.3 Å². The molecule has 0 fully saturated rings. The van der Waals surface area contributed by atoms with Gasteiger partial charge in [0.1, 0.15) is 5.82 Å². The van der Waals surface area contributed by atoms with Crippen molar-refractivity contribution in [2.24, 2.45) is 0 Å². The maximum absolute atomic E-state index is 13.6. The molecule has 3 rings (SSSR count). The third-order valence-corrected chi connectivity index (χ3v) is 4.09. The van der Waals surface area contributed by atoms with Crippen LogP contribution in [-0.4, -0.2) is 28.8 Å². The first-order valence-electron chi connectivity index (χ1n) is 7.80. The molecule has 1 aliphatic rings. The second-order valence-electron chi connectivity index (χ2n) is 5.85. The van der Waals surface area contributed by atoms with Crippen LogP contribution in [0.5, 0.6) is 0 Å². The molecular weight excluding hydrogens is 297 g/mol. The van der Waals surface area contributed by atoms with Gasteiger partial charge in [0.2, 0.25) is 0 Å². The highest BCUT2D eigenvalue weighted by atomic mass is 19.1. The van der Waals surface area contributed by atoms with E-state index in [9.17, 15) is 9.18 Å². The molecule has 122 valence electrons. The van der Waals surface area contributed by atoms with Crippen LogP contribution < -0.4 is 5.32 Å². The van der Waals surface area contributed by atoms with Crippen molar-refractivity contribution in [1.82, 2.24) is 15.5 Å². The van der Waals surface area contributed by atoms with Crippen LogP contribution in [0, 0.1) is 5.82 Å². The van der Waals surface area contributed by atoms with E-state index >= 15 is 0 Å². The molecule has 2 atom stereocenters. The number of fused-ring (bicyclic) bond motifs is 1. The van der Waals surface area contributed by atoms with Gasteiger partial charge in [-0.15, -0.1) is 0 Å². The number of aromatic amines is 1. The lowest BCUT2D eigenvalue weighted by atomic mass is 9.99. The number of nitrogens with zero attached hydrogens (tertiary/aromatic N) is 1. The predicted molar refractivity (Wildman–Crippen MR) is 83.7 cm³/mol. The maximum atomic E-state index is 13.6. The van der Waals surface area contributed by atoms with Crippen molar-refractivity contribution in [3.8, 4) is 0 Å². The lowest BCUT2D eigenvalue weighted by molar-refractivity contribution is -0.00697. The van der Waals surface area contributed by atoms with Gasteiger partial charge in [-0.05, 0) is 31.9 Å². The Kier molecular flexibility index (Phi) is 4.43. The zero-order chi connectivity index (χ0) is 16.4. The Bertz CT molecular complexity index is 714. The summed E-state index contributed by atoms with van der Waals surface area (Å²) in [6, 6.07) is 6.58. The van der Waals surface area contributed by atoms with Crippen LogP contribution >= 0.6 is 0 Å². The fourth-order valence-corrected chi connectivity index (χ4v) is 2.96. The average Bonchev–Trinajstić information content (AvgIpc) is 2.93. The van der Waals surface area contributed by atoms with Crippen molar-refractivity contribution < 1.29 is 13.9 Å². The summed E-state index contributed by atoms with van der Waals surface area (Å²) in [6.07, 6.45) is 1.06. The van der Waals surface area contributed by atoms with Crippen molar-refractivity contribution in [1.29, 1.82) is 0 Å². The zero-order valence-electron chi connectivity index (χ0n) is 13.2. The minimum atomic E-state index is -0.251. The number of aromatic nitrogens is 2. The number of nitrogens with one attached hydrogen (secondary N) is 2. The Morgan fingerprint density at radius 2 is 2.22 bits per heavy atom. The molecule has 0 saturated carbocycles. The minimum absolute atomic E-state index is 0.0556. The summed E-state index contributed by atoms with van der Waals surface area (Å²) >= 11 is 0. The van der Waals surface area contributed by atoms with E-state index in [2.05, 4.69) is 15.5 Å². The molecule has 0 unspecified atom stereocenters. The second kappa shape index (κ2) is 6.50. The number of ether oxygens (including phenoxy) is 1. The molecule has 1 aliphatic heterocycles. The molecular formula is C17H20FN3O2. The lowest BCUT2D eigenvalue weighted by Crippen LogP contribution is -2.29. The molecule has 2 N–H and O–H groups in total. The van der Waals surface area contributed by atoms with Gasteiger partial charge < -0.3 is 10.1 Å². The summed E-state index contributed by atoms with van der Waals surface area (Å²) < 4.78 is 19.3. The van der Waals surface area contributed by atoms with Crippen molar-refractivity contribution in [3.63, 3.8) is 0 Å². The van der Waals surface area contributed by atoms with Crippen LogP contribution in [0.3, 0.4) is 0 Å². The fourth-order valence-electron chi connectivity index (χ4n) is 2.96. The molecule has 0 spiro atoms. The lowest BCUT2D eigenvalue weighted by Gasteiger charge is -2.25. The Hall–Kier alpha value is -2.21. The van der Waals surface area contributed by atoms with Gasteiger partial charge in [0.05, 0.1) is 17.9 Å². The van der Waals surface area contributed by atoms with Crippen LogP contribution in [0.1, 0.15) is 47.3 Å². The number of amides is 1. The van der Waals surface area contributed by atoms with E-state index in [0.717, 1.165) is 11.3 Å². The van der Waals surface area contributed by atoms with Gasteiger partial charge in [-0.2, -0.15) is 5.10 Å². The van der Waals surface area contributed by atoms with Crippen LogP contribution in [0.4, 0.5) is 4.39 Å². The summed E-state index contributed by atoms with van der Waals surface area (Å²) in [7, 11) is 0. The van der Waals surface area contributed by atoms with Crippen molar-refractivity contribution in [3.05, 3.63) is 52.6 Å². The number of rotatable bonds is 4. The molecule has 2 heterocycles. The van der Waals surface area contributed by atoms with E-state index in [1.807, 2.05) is 13.8 Å². The number of hydrogen-bond acceptors (Lipinski definition) is 3. The number of benzene rings is 1. The smallest absolute Gasteiger partial charge is 0.272 e. The summed E-state index contributed by atoms with van der Waals surface area (Å²) in [4.78, 5) is 12.3. The van der Waals surface area contributed by atoms with E-state index in [0.29, 0.717) is 30.6 Å². The molecule has 0 radical (unpaired) electrons. The summed E-state index contributed by atoms with van der Waals surface area (Å²) in [6.45, 7) is 4.28. The Balaban J connectivity index is 1.65. The van der Waals surface area contributed by atoms with Crippen molar-refractivity contribution in [2.75, 3.05) is 6.54 Å². The van der Waals surface area contributed by atoms with Gasteiger partial charge in [-0.25, -0.2) is 4.39 Å². The van der Waals surface area contributed by atoms with E-state index in [-0.39, 0.29) is 23.9 Å². The minimum Gasteiger partial charge on any atom is -0.369 e.